The number of aromatic nitrogens is 2. The van der Waals surface area contributed by atoms with Crippen LogP contribution in [0.3, 0.4) is 0 Å². The number of hydrogen-bond acceptors (Lipinski definition) is 5. The Balaban J connectivity index is 1.46. The zero-order valence-corrected chi connectivity index (χ0v) is 17.6. The Hall–Kier alpha value is -3.52. The summed E-state index contributed by atoms with van der Waals surface area (Å²) in [5.74, 6) is -0.328. The highest BCUT2D eigenvalue weighted by atomic mass is 16.6. The molecule has 4 rings (SSSR count). The molecule has 0 fully saturated rings. The molecule has 160 valence electrons. The summed E-state index contributed by atoms with van der Waals surface area (Å²) in [6, 6.07) is 12.9. The first kappa shape index (κ1) is 20.7. The second-order valence-corrected chi connectivity index (χ2v) is 8.37. The largest absolute Gasteiger partial charge is 0.350 e. The van der Waals surface area contributed by atoms with E-state index in [1.165, 1.54) is 23.5 Å². The van der Waals surface area contributed by atoms with Crippen LogP contribution in [0.4, 0.5) is 5.69 Å². The van der Waals surface area contributed by atoms with Gasteiger partial charge >= 0.3 is 0 Å². The van der Waals surface area contributed by atoms with Crippen LogP contribution in [0.5, 0.6) is 0 Å². The monoisotopic (exact) mass is 419 g/mol. The summed E-state index contributed by atoms with van der Waals surface area (Å²) < 4.78 is 1.55. The van der Waals surface area contributed by atoms with Gasteiger partial charge in [-0.1, -0.05) is 24.3 Å². The van der Waals surface area contributed by atoms with Crippen molar-refractivity contribution in [2.45, 2.75) is 32.4 Å². The van der Waals surface area contributed by atoms with Gasteiger partial charge in [0.1, 0.15) is 5.69 Å². The number of fused-ring (bicyclic) bond motifs is 1. The standard InChI is InChI=1S/C23H25N5O3/c1-23(2,27-11-9-17-5-3-4-6-19(17)14-27)15-25-22(29)18-7-8-20(21(13-18)28(30)31)26-12-10-24-16-26/h3-8,10,12-13,16H,9,11,14-15H2,1-2H3,(H,25,29). The molecule has 3 aromatic rings. The summed E-state index contributed by atoms with van der Waals surface area (Å²) in [4.78, 5) is 30.1. The van der Waals surface area contributed by atoms with Crippen LogP contribution in [-0.4, -0.2) is 43.9 Å². The van der Waals surface area contributed by atoms with Crippen LogP contribution in [0.2, 0.25) is 0 Å². The first-order chi connectivity index (χ1) is 14.8. The molecule has 1 aromatic heterocycles. The lowest BCUT2D eigenvalue weighted by molar-refractivity contribution is -0.384. The van der Waals surface area contributed by atoms with Gasteiger partial charge in [-0.25, -0.2) is 4.98 Å². The van der Waals surface area contributed by atoms with Crippen LogP contribution in [0.25, 0.3) is 5.69 Å². The number of benzene rings is 2. The fraction of sp³-hybridized carbons (Fsp3) is 0.304. The summed E-state index contributed by atoms with van der Waals surface area (Å²) in [6.45, 7) is 6.40. The molecule has 0 radical (unpaired) electrons. The topological polar surface area (TPSA) is 93.3 Å². The maximum absolute atomic E-state index is 12.8. The minimum absolute atomic E-state index is 0.141. The molecule has 31 heavy (non-hydrogen) atoms. The minimum Gasteiger partial charge on any atom is -0.350 e. The fourth-order valence-corrected chi connectivity index (χ4v) is 3.95. The third-order valence-electron chi connectivity index (χ3n) is 5.89. The molecule has 1 aliphatic heterocycles. The predicted molar refractivity (Wildman–Crippen MR) is 117 cm³/mol. The van der Waals surface area contributed by atoms with Crippen LogP contribution in [0.15, 0.2) is 61.2 Å². The molecular weight excluding hydrogens is 394 g/mol. The molecule has 8 nitrogen and oxygen atoms in total. The molecule has 8 heteroatoms. The molecule has 1 N–H and O–H groups in total. The first-order valence-electron chi connectivity index (χ1n) is 10.2. The second kappa shape index (κ2) is 8.31. The van der Waals surface area contributed by atoms with Gasteiger partial charge in [0.05, 0.1) is 11.3 Å². The van der Waals surface area contributed by atoms with Crippen LogP contribution < -0.4 is 5.32 Å². The highest BCUT2D eigenvalue weighted by molar-refractivity contribution is 5.95. The number of imidazole rings is 1. The van der Waals surface area contributed by atoms with Gasteiger partial charge in [-0.2, -0.15) is 0 Å². The van der Waals surface area contributed by atoms with Crippen molar-refractivity contribution in [2.24, 2.45) is 0 Å². The van der Waals surface area contributed by atoms with Crippen molar-refractivity contribution >= 4 is 11.6 Å². The van der Waals surface area contributed by atoms with Gasteiger partial charge < -0.3 is 9.88 Å². The number of hydrogen-bond donors (Lipinski definition) is 1. The Morgan fingerprint density at radius 2 is 2.00 bits per heavy atom. The van der Waals surface area contributed by atoms with Gasteiger partial charge in [-0.05, 0) is 43.5 Å². The van der Waals surface area contributed by atoms with Gasteiger partial charge in [0, 0.05) is 49.2 Å². The normalized spacial score (nSPS) is 14.1. The smallest absolute Gasteiger partial charge is 0.294 e. The molecule has 0 spiro atoms. The van der Waals surface area contributed by atoms with E-state index in [1.807, 2.05) is 0 Å². The minimum atomic E-state index is -0.485. The Morgan fingerprint density at radius 1 is 1.23 bits per heavy atom. The Kier molecular flexibility index (Phi) is 5.56. The summed E-state index contributed by atoms with van der Waals surface area (Å²) in [7, 11) is 0. The fourth-order valence-electron chi connectivity index (χ4n) is 3.95. The van der Waals surface area contributed by atoms with E-state index in [0.29, 0.717) is 12.2 Å². The number of nitro benzene ring substituents is 1. The van der Waals surface area contributed by atoms with E-state index in [1.54, 1.807) is 29.1 Å². The maximum atomic E-state index is 12.8. The summed E-state index contributed by atoms with van der Waals surface area (Å²) in [6.07, 6.45) is 5.64. The Morgan fingerprint density at radius 3 is 2.71 bits per heavy atom. The van der Waals surface area contributed by atoms with E-state index in [-0.39, 0.29) is 22.7 Å². The van der Waals surface area contributed by atoms with E-state index in [9.17, 15) is 14.9 Å². The average molecular weight is 419 g/mol. The second-order valence-electron chi connectivity index (χ2n) is 8.37. The molecule has 1 aliphatic rings. The number of nitrogens with one attached hydrogen (secondary N) is 1. The molecular formula is C23H25N5O3. The third-order valence-corrected chi connectivity index (χ3v) is 5.89. The summed E-state index contributed by atoms with van der Waals surface area (Å²) in [5, 5.41) is 14.5. The van der Waals surface area contributed by atoms with Crippen molar-refractivity contribution < 1.29 is 9.72 Å². The lowest BCUT2D eigenvalue weighted by Gasteiger charge is -2.41. The zero-order valence-electron chi connectivity index (χ0n) is 17.6. The van der Waals surface area contributed by atoms with Crippen molar-refractivity contribution in [1.82, 2.24) is 19.8 Å². The highest BCUT2D eigenvalue weighted by Crippen LogP contribution is 2.26. The highest BCUT2D eigenvalue weighted by Gasteiger charge is 2.30. The molecule has 0 saturated carbocycles. The quantitative estimate of drug-likeness (QED) is 0.489. The van der Waals surface area contributed by atoms with Gasteiger partial charge in [0.15, 0.2) is 0 Å². The molecule has 0 saturated heterocycles. The molecule has 0 bridgehead atoms. The van der Waals surface area contributed by atoms with Gasteiger partial charge in [-0.15, -0.1) is 0 Å². The Bertz CT molecular complexity index is 1110. The van der Waals surface area contributed by atoms with Crippen LogP contribution in [0.1, 0.15) is 35.3 Å². The lowest BCUT2D eigenvalue weighted by Crippen LogP contribution is -2.53. The molecule has 0 atom stereocenters. The summed E-state index contributed by atoms with van der Waals surface area (Å²) >= 11 is 0. The number of nitro groups is 1. The number of carbonyl (C=O) groups excluding carboxylic acids is 1. The van der Waals surface area contributed by atoms with Crippen LogP contribution in [-0.2, 0) is 13.0 Å². The van der Waals surface area contributed by atoms with Crippen LogP contribution in [0, 0.1) is 10.1 Å². The van der Waals surface area contributed by atoms with Crippen molar-refractivity contribution in [3.8, 4) is 5.69 Å². The predicted octanol–water partition coefficient (Wildman–Crippen LogP) is 3.35. The average Bonchev–Trinajstić information content (AvgIpc) is 3.31. The van der Waals surface area contributed by atoms with Crippen molar-refractivity contribution in [2.75, 3.05) is 13.1 Å². The van der Waals surface area contributed by atoms with E-state index >= 15 is 0 Å². The summed E-state index contributed by atoms with van der Waals surface area (Å²) in [5.41, 5.74) is 2.92. The SMILES string of the molecule is CC(C)(CNC(=O)c1ccc(-n2ccnc2)c([N+](=O)[O-])c1)N1CCc2ccccc2C1. The molecule has 2 heterocycles. The van der Waals surface area contributed by atoms with E-state index in [2.05, 4.69) is 53.3 Å². The molecule has 0 aliphatic carbocycles. The Labute approximate surface area is 180 Å². The number of amides is 1. The maximum Gasteiger partial charge on any atom is 0.294 e. The number of rotatable bonds is 6. The van der Waals surface area contributed by atoms with E-state index in [4.69, 9.17) is 0 Å². The van der Waals surface area contributed by atoms with E-state index in [0.717, 1.165) is 19.5 Å². The van der Waals surface area contributed by atoms with Gasteiger partial charge in [-0.3, -0.25) is 19.8 Å². The van der Waals surface area contributed by atoms with Crippen molar-refractivity contribution in [1.29, 1.82) is 0 Å². The zero-order chi connectivity index (χ0) is 22.0. The van der Waals surface area contributed by atoms with Crippen molar-refractivity contribution in [3.63, 3.8) is 0 Å². The molecule has 1 amide bonds. The molecule has 2 aromatic carbocycles. The third kappa shape index (κ3) is 4.34. The number of carbonyl (C=O) groups is 1. The number of nitrogens with zero attached hydrogens (tertiary/aromatic N) is 4. The molecule has 0 unspecified atom stereocenters. The van der Waals surface area contributed by atoms with E-state index < -0.39 is 4.92 Å². The lowest BCUT2D eigenvalue weighted by atomic mass is 9.94. The van der Waals surface area contributed by atoms with Crippen LogP contribution >= 0.6 is 0 Å². The van der Waals surface area contributed by atoms with Gasteiger partial charge in [0.25, 0.3) is 11.6 Å². The van der Waals surface area contributed by atoms with Crippen molar-refractivity contribution in [3.05, 3.63) is 88.0 Å². The van der Waals surface area contributed by atoms with Gasteiger partial charge in [0.2, 0.25) is 0 Å². The first-order valence-corrected chi connectivity index (χ1v) is 10.2.